The van der Waals surface area contributed by atoms with E-state index in [1.807, 2.05) is 0 Å². The number of rotatable bonds is 4. The standard InChI is InChI=1S/C18H12Cl2N4O3S/c19-11-4-6-13(7-5-11)24-17(27)14(16(26)22-18(24)28)9-21-23-15(25)10-2-1-3-12(20)8-10/h1-9,14H,(H,23,25)(H,22,26,28)/b21-9-/t14-/m0/s1. The fourth-order valence-electron chi connectivity index (χ4n) is 2.42. The van der Waals surface area contributed by atoms with Crippen LogP contribution < -0.4 is 15.6 Å². The zero-order valence-corrected chi connectivity index (χ0v) is 16.4. The van der Waals surface area contributed by atoms with Crippen molar-refractivity contribution in [1.82, 2.24) is 10.7 Å². The number of nitrogens with zero attached hydrogens (tertiary/aromatic N) is 2. The lowest BCUT2D eigenvalue weighted by molar-refractivity contribution is -0.130. The summed E-state index contributed by atoms with van der Waals surface area (Å²) in [5.74, 6) is -3.03. The number of hydrogen-bond donors (Lipinski definition) is 2. The zero-order chi connectivity index (χ0) is 20.3. The Bertz CT molecular complexity index is 995. The van der Waals surface area contributed by atoms with E-state index in [2.05, 4.69) is 15.8 Å². The number of carbonyl (C=O) groups is 3. The predicted molar refractivity (Wildman–Crippen MR) is 111 cm³/mol. The lowest BCUT2D eigenvalue weighted by atomic mass is 10.1. The van der Waals surface area contributed by atoms with Gasteiger partial charge in [-0.15, -0.1) is 0 Å². The topological polar surface area (TPSA) is 90.9 Å². The van der Waals surface area contributed by atoms with E-state index in [0.29, 0.717) is 15.7 Å². The van der Waals surface area contributed by atoms with Gasteiger partial charge in [-0.1, -0.05) is 29.3 Å². The van der Waals surface area contributed by atoms with Gasteiger partial charge in [0, 0.05) is 21.8 Å². The maximum atomic E-state index is 12.7. The molecule has 3 amide bonds. The molecule has 10 heteroatoms. The van der Waals surface area contributed by atoms with Gasteiger partial charge >= 0.3 is 0 Å². The zero-order valence-electron chi connectivity index (χ0n) is 14.1. The van der Waals surface area contributed by atoms with Gasteiger partial charge in [-0.3, -0.25) is 19.3 Å². The van der Waals surface area contributed by atoms with Crippen molar-refractivity contribution in [2.45, 2.75) is 0 Å². The molecule has 2 aromatic carbocycles. The van der Waals surface area contributed by atoms with Gasteiger partial charge in [0.05, 0.1) is 5.69 Å². The van der Waals surface area contributed by atoms with Crippen molar-refractivity contribution < 1.29 is 14.4 Å². The van der Waals surface area contributed by atoms with E-state index in [1.54, 1.807) is 42.5 Å². The Balaban J connectivity index is 1.75. The van der Waals surface area contributed by atoms with E-state index in [1.165, 1.54) is 11.0 Å². The van der Waals surface area contributed by atoms with Crippen LogP contribution in [0.5, 0.6) is 0 Å². The van der Waals surface area contributed by atoms with E-state index in [9.17, 15) is 14.4 Å². The van der Waals surface area contributed by atoms with Gasteiger partial charge in [-0.25, -0.2) is 5.43 Å². The molecule has 142 valence electrons. The molecule has 1 atom stereocenters. The van der Waals surface area contributed by atoms with Crippen LogP contribution >= 0.6 is 35.4 Å². The molecule has 1 aliphatic heterocycles. The fourth-order valence-corrected chi connectivity index (χ4v) is 3.03. The highest BCUT2D eigenvalue weighted by atomic mass is 35.5. The van der Waals surface area contributed by atoms with E-state index in [-0.39, 0.29) is 10.7 Å². The van der Waals surface area contributed by atoms with Crippen LogP contribution in [0.4, 0.5) is 5.69 Å². The van der Waals surface area contributed by atoms with Gasteiger partial charge in [0.25, 0.3) is 11.8 Å². The quantitative estimate of drug-likeness (QED) is 0.335. The summed E-state index contributed by atoms with van der Waals surface area (Å²) in [6.45, 7) is 0. The molecule has 3 rings (SSSR count). The molecule has 2 N–H and O–H groups in total. The third-order valence-electron chi connectivity index (χ3n) is 3.76. The second kappa shape index (κ2) is 8.47. The van der Waals surface area contributed by atoms with Crippen molar-refractivity contribution in [3.63, 3.8) is 0 Å². The van der Waals surface area contributed by atoms with Crippen molar-refractivity contribution in [3.05, 3.63) is 64.1 Å². The predicted octanol–water partition coefficient (Wildman–Crippen LogP) is 2.77. The molecule has 1 aliphatic rings. The Labute approximate surface area is 175 Å². The van der Waals surface area contributed by atoms with Crippen LogP contribution in [0.2, 0.25) is 10.0 Å². The highest BCUT2D eigenvalue weighted by Crippen LogP contribution is 2.22. The Morgan fingerprint density at radius 2 is 1.86 bits per heavy atom. The van der Waals surface area contributed by atoms with E-state index >= 15 is 0 Å². The molecule has 1 fully saturated rings. The van der Waals surface area contributed by atoms with Gasteiger partial charge in [-0.2, -0.15) is 5.10 Å². The van der Waals surface area contributed by atoms with Crippen LogP contribution in [0, 0.1) is 5.92 Å². The minimum atomic E-state index is -1.26. The molecule has 0 aliphatic carbocycles. The fraction of sp³-hybridized carbons (Fsp3) is 0.0556. The summed E-state index contributed by atoms with van der Waals surface area (Å²) in [6.07, 6.45) is 1.05. The average molecular weight is 435 g/mol. The van der Waals surface area contributed by atoms with Gasteiger partial charge in [0.2, 0.25) is 5.91 Å². The second-order valence-corrected chi connectivity index (χ2v) is 6.91. The second-order valence-electron chi connectivity index (χ2n) is 5.65. The van der Waals surface area contributed by atoms with Crippen LogP contribution in [0.3, 0.4) is 0 Å². The molecule has 0 saturated carbocycles. The van der Waals surface area contributed by atoms with Gasteiger partial charge in [-0.05, 0) is 54.7 Å². The van der Waals surface area contributed by atoms with Crippen molar-refractivity contribution in [2.24, 2.45) is 11.0 Å². The lowest BCUT2D eigenvalue weighted by Crippen LogP contribution is -2.58. The minimum Gasteiger partial charge on any atom is -0.301 e. The van der Waals surface area contributed by atoms with Crippen LogP contribution in [0.25, 0.3) is 0 Å². The molecule has 1 saturated heterocycles. The Morgan fingerprint density at radius 3 is 2.54 bits per heavy atom. The van der Waals surface area contributed by atoms with E-state index in [4.69, 9.17) is 35.4 Å². The summed E-state index contributed by atoms with van der Waals surface area (Å²) in [6, 6.07) is 12.6. The SMILES string of the molecule is O=C(N/N=C\[C@H]1C(=O)NC(=S)N(c2ccc(Cl)cc2)C1=O)c1cccc(Cl)c1. The Kier molecular flexibility index (Phi) is 6.03. The van der Waals surface area contributed by atoms with E-state index in [0.717, 1.165) is 6.21 Å². The molecule has 0 bridgehead atoms. The van der Waals surface area contributed by atoms with Gasteiger partial charge < -0.3 is 5.32 Å². The summed E-state index contributed by atoms with van der Waals surface area (Å²) in [5.41, 5.74) is 2.99. The lowest BCUT2D eigenvalue weighted by Gasteiger charge is -2.30. The molecule has 0 radical (unpaired) electrons. The maximum absolute atomic E-state index is 12.7. The number of halogens is 2. The molecule has 0 spiro atoms. The number of hydrogen-bond acceptors (Lipinski definition) is 5. The van der Waals surface area contributed by atoms with Crippen LogP contribution in [-0.4, -0.2) is 29.0 Å². The first-order valence-electron chi connectivity index (χ1n) is 7.90. The van der Waals surface area contributed by atoms with Gasteiger partial charge in [0.1, 0.15) is 0 Å². The molecule has 0 aromatic heterocycles. The number of benzene rings is 2. The molecule has 28 heavy (non-hydrogen) atoms. The monoisotopic (exact) mass is 434 g/mol. The third-order valence-corrected chi connectivity index (χ3v) is 4.54. The first-order valence-corrected chi connectivity index (χ1v) is 9.06. The van der Waals surface area contributed by atoms with Crippen LogP contribution in [-0.2, 0) is 9.59 Å². The van der Waals surface area contributed by atoms with Crippen molar-refractivity contribution in [2.75, 3.05) is 4.90 Å². The minimum absolute atomic E-state index is 0.0510. The molecule has 7 nitrogen and oxygen atoms in total. The highest BCUT2D eigenvalue weighted by Gasteiger charge is 2.38. The number of thiocarbonyl (C=S) groups is 1. The summed E-state index contributed by atoms with van der Waals surface area (Å²) in [5, 5.41) is 7.01. The normalized spacial score (nSPS) is 17.0. The molecule has 2 aromatic rings. The smallest absolute Gasteiger partial charge is 0.271 e. The molecule has 1 heterocycles. The molecular weight excluding hydrogens is 423 g/mol. The summed E-state index contributed by atoms with van der Waals surface area (Å²) in [4.78, 5) is 38.1. The number of amides is 3. The third kappa shape index (κ3) is 4.36. The average Bonchev–Trinajstić information content (AvgIpc) is 2.65. The highest BCUT2D eigenvalue weighted by molar-refractivity contribution is 7.80. The van der Waals surface area contributed by atoms with Gasteiger partial charge in [0.15, 0.2) is 11.0 Å². The Hall–Kier alpha value is -2.81. The van der Waals surface area contributed by atoms with Crippen molar-refractivity contribution >= 4 is 70.2 Å². The first kappa shape index (κ1) is 19.9. The van der Waals surface area contributed by atoms with E-state index < -0.39 is 23.6 Å². The van der Waals surface area contributed by atoms with Crippen molar-refractivity contribution in [1.29, 1.82) is 0 Å². The Morgan fingerprint density at radius 1 is 1.14 bits per heavy atom. The first-order chi connectivity index (χ1) is 13.4. The summed E-state index contributed by atoms with van der Waals surface area (Å²) >= 11 is 16.8. The van der Waals surface area contributed by atoms with Crippen LogP contribution in [0.1, 0.15) is 10.4 Å². The maximum Gasteiger partial charge on any atom is 0.271 e. The van der Waals surface area contributed by atoms with Crippen LogP contribution in [0.15, 0.2) is 53.6 Å². The number of nitrogens with one attached hydrogen (secondary N) is 2. The molecule has 0 unspecified atom stereocenters. The largest absolute Gasteiger partial charge is 0.301 e. The molecular formula is C18H12Cl2N4O3S. The van der Waals surface area contributed by atoms with Crippen molar-refractivity contribution in [3.8, 4) is 0 Å². The summed E-state index contributed by atoms with van der Waals surface area (Å²) in [7, 11) is 0. The summed E-state index contributed by atoms with van der Waals surface area (Å²) < 4.78 is 0. The number of carbonyl (C=O) groups excluding carboxylic acids is 3. The number of hydrazone groups is 1. The number of anilines is 1.